The van der Waals surface area contributed by atoms with Gasteiger partial charge in [-0.25, -0.2) is 0 Å². The topological polar surface area (TPSA) is 78.9 Å². The highest BCUT2D eigenvalue weighted by Crippen LogP contribution is 2.16. The van der Waals surface area contributed by atoms with Gasteiger partial charge in [0.15, 0.2) is 6.10 Å². The van der Waals surface area contributed by atoms with Crippen molar-refractivity contribution in [3.05, 3.63) is 109 Å². The molecule has 1 atom stereocenters. The molecule has 0 aliphatic carbocycles. The Morgan fingerprint density at radius 2 is 0.539 bits per heavy atom. The van der Waals surface area contributed by atoms with Crippen molar-refractivity contribution in [1.29, 1.82) is 0 Å². The van der Waals surface area contributed by atoms with Gasteiger partial charge in [0.05, 0.1) is 0 Å². The van der Waals surface area contributed by atoms with Crippen LogP contribution in [0.5, 0.6) is 0 Å². The van der Waals surface area contributed by atoms with Gasteiger partial charge in [-0.1, -0.05) is 278 Å². The standard InChI is InChI=1S/C70H118O6/c1-4-7-10-13-16-19-22-25-27-28-29-30-31-32-33-34-35-36-37-38-39-40-41-42-43-46-48-51-54-57-60-63-69(72)75-66-67(65-74-68(71)62-59-56-53-50-47-44-24-21-18-15-12-9-6-3)76-70(73)64-61-58-55-52-49-45-26-23-20-17-14-11-8-5-2/h7,9-10,12,16,18-19,21,23,25-27,29-30,44,47,53,56,67H,4-6,8,11,13-15,17,20,22,24,28,31-43,45-46,48-52,54-55,57-66H2,1-3H3/b10-7-,12-9-,19-16-,21-18-,26-23-,27-25-,30-29-,47-44-,56-53-. The predicted molar refractivity (Wildman–Crippen MR) is 330 cm³/mol. The third kappa shape index (κ3) is 60.9. The normalized spacial score (nSPS) is 12.8. The van der Waals surface area contributed by atoms with E-state index >= 15 is 0 Å². The summed E-state index contributed by atoms with van der Waals surface area (Å²) in [4.78, 5) is 38.2. The minimum atomic E-state index is -0.811. The van der Waals surface area contributed by atoms with E-state index in [1.165, 1.54) is 148 Å². The Morgan fingerprint density at radius 3 is 0.895 bits per heavy atom. The molecular weight excluding hydrogens is 937 g/mol. The number of rotatable bonds is 57. The Balaban J connectivity index is 4.20. The van der Waals surface area contributed by atoms with Crippen molar-refractivity contribution in [2.75, 3.05) is 13.2 Å². The molecule has 76 heavy (non-hydrogen) atoms. The molecule has 6 heteroatoms. The lowest BCUT2D eigenvalue weighted by molar-refractivity contribution is -0.166. The quantitative estimate of drug-likeness (QED) is 0.0261. The van der Waals surface area contributed by atoms with Crippen molar-refractivity contribution in [1.82, 2.24) is 0 Å². The average Bonchev–Trinajstić information content (AvgIpc) is 3.42. The van der Waals surface area contributed by atoms with Crippen molar-refractivity contribution in [3.63, 3.8) is 0 Å². The molecule has 0 aliphatic heterocycles. The lowest BCUT2D eigenvalue weighted by Gasteiger charge is -2.18. The van der Waals surface area contributed by atoms with Gasteiger partial charge in [-0.05, 0) is 109 Å². The number of hydrogen-bond donors (Lipinski definition) is 0. The smallest absolute Gasteiger partial charge is 0.306 e. The fourth-order valence-electron chi connectivity index (χ4n) is 8.80. The molecule has 0 radical (unpaired) electrons. The number of esters is 3. The van der Waals surface area contributed by atoms with Crippen LogP contribution in [0.2, 0.25) is 0 Å². The predicted octanol–water partition coefficient (Wildman–Crippen LogP) is 21.8. The van der Waals surface area contributed by atoms with Crippen molar-refractivity contribution in [3.8, 4) is 0 Å². The maximum absolute atomic E-state index is 12.9. The lowest BCUT2D eigenvalue weighted by atomic mass is 10.0. The van der Waals surface area contributed by atoms with Gasteiger partial charge >= 0.3 is 17.9 Å². The third-order valence-electron chi connectivity index (χ3n) is 13.5. The highest BCUT2D eigenvalue weighted by molar-refractivity contribution is 5.71. The van der Waals surface area contributed by atoms with E-state index in [-0.39, 0.29) is 37.5 Å². The second-order valence-electron chi connectivity index (χ2n) is 20.9. The SMILES string of the molecule is CC/C=C\C/C=C\C/C=C\C/C=C\CCCCCCCCCCCCCCCCCCCCC(=O)OCC(COC(=O)CC/C=C\C/C=C\C/C=C\C/C=C\CC)OC(=O)CCCCCCC/C=C\CCCCCCC. The number of carbonyl (C=O) groups is 3. The molecule has 0 fully saturated rings. The van der Waals surface area contributed by atoms with Gasteiger partial charge in [0, 0.05) is 19.3 Å². The van der Waals surface area contributed by atoms with Crippen molar-refractivity contribution in [2.24, 2.45) is 0 Å². The van der Waals surface area contributed by atoms with Crippen LogP contribution < -0.4 is 0 Å². The molecule has 0 bridgehead atoms. The Labute approximate surface area is 470 Å². The monoisotopic (exact) mass is 1050 g/mol. The third-order valence-corrected chi connectivity index (χ3v) is 13.5. The molecule has 0 rings (SSSR count). The Hall–Kier alpha value is -3.93. The van der Waals surface area contributed by atoms with Crippen LogP contribution >= 0.6 is 0 Å². The Kier molecular flexibility index (Phi) is 60.3. The molecule has 0 aromatic heterocycles. The summed E-state index contributed by atoms with van der Waals surface area (Å²) in [6, 6.07) is 0. The van der Waals surface area contributed by atoms with Crippen molar-refractivity contribution in [2.45, 2.75) is 303 Å². The summed E-state index contributed by atoms with van der Waals surface area (Å²) in [6.45, 7) is 6.35. The molecule has 434 valence electrons. The highest BCUT2D eigenvalue weighted by Gasteiger charge is 2.19. The minimum absolute atomic E-state index is 0.102. The minimum Gasteiger partial charge on any atom is -0.462 e. The van der Waals surface area contributed by atoms with Crippen LogP contribution in [0.25, 0.3) is 0 Å². The van der Waals surface area contributed by atoms with E-state index in [9.17, 15) is 14.4 Å². The van der Waals surface area contributed by atoms with E-state index in [0.717, 1.165) is 103 Å². The molecule has 0 saturated carbocycles. The van der Waals surface area contributed by atoms with Gasteiger partial charge in [-0.2, -0.15) is 0 Å². The summed E-state index contributed by atoms with van der Waals surface area (Å²) in [6.07, 6.45) is 87.0. The molecule has 0 aromatic rings. The first-order valence-electron chi connectivity index (χ1n) is 31.9. The zero-order chi connectivity index (χ0) is 55.0. The van der Waals surface area contributed by atoms with Crippen molar-refractivity contribution < 1.29 is 28.6 Å². The summed E-state index contributed by atoms with van der Waals surface area (Å²) in [5.74, 6) is -0.989. The van der Waals surface area contributed by atoms with E-state index in [0.29, 0.717) is 19.3 Å². The molecule has 1 unspecified atom stereocenters. The molecule has 0 saturated heterocycles. The summed E-state index contributed by atoms with van der Waals surface area (Å²) >= 11 is 0. The van der Waals surface area contributed by atoms with Gasteiger partial charge in [-0.15, -0.1) is 0 Å². The van der Waals surface area contributed by atoms with E-state index in [1.54, 1.807) is 0 Å². The van der Waals surface area contributed by atoms with Gasteiger partial charge < -0.3 is 14.2 Å². The summed E-state index contributed by atoms with van der Waals surface area (Å²) in [5.41, 5.74) is 0. The molecular formula is C70H118O6. The lowest BCUT2D eigenvalue weighted by Crippen LogP contribution is -2.30. The van der Waals surface area contributed by atoms with Crippen LogP contribution in [0.3, 0.4) is 0 Å². The highest BCUT2D eigenvalue weighted by atomic mass is 16.6. The molecule has 0 heterocycles. The van der Waals surface area contributed by atoms with Crippen LogP contribution in [0.4, 0.5) is 0 Å². The van der Waals surface area contributed by atoms with Gasteiger partial charge in [0.1, 0.15) is 13.2 Å². The zero-order valence-corrected chi connectivity index (χ0v) is 49.7. The number of allylic oxidation sites excluding steroid dienone is 18. The number of hydrogen-bond acceptors (Lipinski definition) is 6. The second kappa shape index (κ2) is 63.6. The summed E-state index contributed by atoms with van der Waals surface area (Å²) < 4.78 is 16.8. The van der Waals surface area contributed by atoms with Crippen LogP contribution in [0.1, 0.15) is 297 Å². The molecule has 0 spiro atoms. The number of unbranched alkanes of at least 4 members (excludes halogenated alkanes) is 28. The fourth-order valence-corrected chi connectivity index (χ4v) is 8.80. The first-order valence-corrected chi connectivity index (χ1v) is 31.9. The molecule has 0 N–H and O–H groups in total. The maximum Gasteiger partial charge on any atom is 0.306 e. The van der Waals surface area contributed by atoms with E-state index < -0.39 is 6.10 Å². The van der Waals surface area contributed by atoms with E-state index in [1.807, 2.05) is 6.08 Å². The number of ether oxygens (including phenoxy) is 3. The molecule has 0 aromatic carbocycles. The molecule has 6 nitrogen and oxygen atoms in total. The summed E-state index contributed by atoms with van der Waals surface area (Å²) in [7, 11) is 0. The Bertz CT molecular complexity index is 1540. The Morgan fingerprint density at radius 1 is 0.276 bits per heavy atom. The van der Waals surface area contributed by atoms with Crippen LogP contribution in [0, 0.1) is 0 Å². The van der Waals surface area contributed by atoms with Crippen LogP contribution in [0.15, 0.2) is 109 Å². The fraction of sp³-hybridized carbons (Fsp3) is 0.700. The van der Waals surface area contributed by atoms with E-state index in [4.69, 9.17) is 14.2 Å². The van der Waals surface area contributed by atoms with Gasteiger partial charge in [0.25, 0.3) is 0 Å². The van der Waals surface area contributed by atoms with Gasteiger partial charge in [0.2, 0.25) is 0 Å². The zero-order valence-electron chi connectivity index (χ0n) is 49.7. The number of carbonyl (C=O) groups excluding carboxylic acids is 3. The first-order chi connectivity index (χ1) is 37.5. The van der Waals surface area contributed by atoms with Gasteiger partial charge in [-0.3, -0.25) is 14.4 Å². The van der Waals surface area contributed by atoms with Crippen LogP contribution in [-0.4, -0.2) is 37.2 Å². The van der Waals surface area contributed by atoms with Crippen LogP contribution in [-0.2, 0) is 28.6 Å². The first kappa shape index (κ1) is 72.1. The molecule has 0 aliphatic rings. The summed E-state index contributed by atoms with van der Waals surface area (Å²) in [5, 5.41) is 0. The van der Waals surface area contributed by atoms with Crippen molar-refractivity contribution >= 4 is 17.9 Å². The average molecular weight is 1060 g/mol. The maximum atomic E-state index is 12.9. The molecule has 0 amide bonds. The second-order valence-corrected chi connectivity index (χ2v) is 20.9. The largest absolute Gasteiger partial charge is 0.462 e. The van der Waals surface area contributed by atoms with E-state index in [2.05, 4.69) is 124 Å².